The third-order valence-corrected chi connectivity index (χ3v) is 2.15. The summed E-state index contributed by atoms with van der Waals surface area (Å²) in [5, 5.41) is 1.07. The molecule has 3 heteroatoms. The van der Waals surface area contributed by atoms with Crippen LogP contribution in [-0.2, 0) is 11.2 Å². The van der Waals surface area contributed by atoms with Crippen LogP contribution < -0.4 is 0 Å². The quantitative estimate of drug-likeness (QED) is 0.620. The average molecular weight is 155 g/mol. The molecule has 54 valence electrons. The van der Waals surface area contributed by atoms with E-state index in [9.17, 15) is 4.79 Å². The van der Waals surface area contributed by atoms with Crippen LogP contribution in [0.1, 0.15) is 16.3 Å². The van der Waals surface area contributed by atoms with Crippen LogP contribution in [0, 0.1) is 6.92 Å². The SMILES string of the molecule is Cc1ncc(CCC=O)s1. The fourth-order valence-corrected chi connectivity index (χ4v) is 1.53. The molecule has 2 nitrogen and oxygen atoms in total. The molecule has 1 aromatic heterocycles. The van der Waals surface area contributed by atoms with Gasteiger partial charge in [0.1, 0.15) is 6.29 Å². The molecule has 1 aromatic rings. The Morgan fingerprint density at radius 2 is 2.60 bits per heavy atom. The van der Waals surface area contributed by atoms with Crippen molar-refractivity contribution in [3.05, 3.63) is 16.1 Å². The van der Waals surface area contributed by atoms with Crippen LogP contribution in [0.3, 0.4) is 0 Å². The van der Waals surface area contributed by atoms with Gasteiger partial charge in [-0.05, 0) is 13.3 Å². The third kappa shape index (κ3) is 1.92. The lowest BCUT2D eigenvalue weighted by molar-refractivity contribution is -0.107. The van der Waals surface area contributed by atoms with Crippen LogP contribution >= 0.6 is 11.3 Å². The Hall–Kier alpha value is -0.700. The van der Waals surface area contributed by atoms with Crippen LogP contribution in [-0.4, -0.2) is 11.3 Å². The van der Waals surface area contributed by atoms with Gasteiger partial charge in [-0.25, -0.2) is 4.98 Å². The largest absolute Gasteiger partial charge is 0.303 e. The van der Waals surface area contributed by atoms with Crippen molar-refractivity contribution in [2.75, 3.05) is 0 Å². The van der Waals surface area contributed by atoms with Gasteiger partial charge in [0.2, 0.25) is 0 Å². The van der Waals surface area contributed by atoms with Crippen molar-refractivity contribution in [2.24, 2.45) is 0 Å². The number of hydrogen-bond acceptors (Lipinski definition) is 3. The van der Waals surface area contributed by atoms with Gasteiger partial charge in [0, 0.05) is 17.5 Å². The number of thiazole rings is 1. The van der Waals surface area contributed by atoms with E-state index in [0.29, 0.717) is 6.42 Å². The molecule has 0 aliphatic heterocycles. The van der Waals surface area contributed by atoms with Crippen molar-refractivity contribution in [1.29, 1.82) is 0 Å². The number of hydrogen-bond donors (Lipinski definition) is 0. The van der Waals surface area contributed by atoms with Gasteiger partial charge in [-0.3, -0.25) is 0 Å². The first kappa shape index (κ1) is 7.41. The van der Waals surface area contributed by atoms with Gasteiger partial charge < -0.3 is 4.79 Å². The van der Waals surface area contributed by atoms with E-state index < -0.39 is 0 Å². The van der Waals surface area contributed by atoms with Gasteiger partial charge in [0.05, 0.1) is 5.01 Å². The van der Waals surface area contributed by atoms with Crippen LogP contribution in [0.4, 0.5) is 0 Å². The summed E-state index contributed by atoms with van der Waals surface area (Å²) in [5.41, 5.74) is 0. The number of carbonyl (C=O) groups is 1. The van der Waals surface area contributed by atoms with E-state index in [-0.39, 0.29) is 0 Å². The highest BCUT2D eigenvalue weighted by Gasteiger charge is 1.95. The lowest BCUT2D eigenvalue weighted by Gasteiger charge is -1.84. The van der Waals surface area contributed by atoms with Crippen molar-refractivity contribution in [2.45, 2.75) is 19.8 Å². The number of nitrogens with zero attached hydrogens (tertiary/aromatic N) is 1. The van der Waals surface area contributed by atoms with Crippen molar-refractivity contribution in [3.63, 3.8) is 0 Å². The molecular weight excluding hydrogens is 146 g/mol. The number of aldehydes is 1. The molecule has 0 saturated carbocycles. The van der Waals surface area contributed by atoms with Gasteiger partial charge in [-0.2, -0.15) is 0 Å². The summed E-state index contributed by atoms with van der Waals surface area (Å²) < 4.78 is 0. The maximum Gasteiger partial charge on any atom is 0.120 e. The zero-order valence-electron chi connectivity index (χ0n) is 5.83. The van der Waals surface area contributed by atoms with E-state index in [4.69, 9.17) is 0 Å². The first-order chi connectivity index (χ1) is 4.83. The summed E-state index contributed by atoms with van der Waals surface area (Å²) in [5.74, 6) is 0. The minimum atomic E-state index is 0.613. The highest BCUT2D eigenvalue weighted by atomic mass is 32.1. The molecule has 0 radical (unpaired) electrons. The monoisotopic (exact) mass is 155 g/mol. The molecule has 0 aliphatic rings. The fraction of sp³-hybridized carbons (Fsp3) is 0.429. The van der Waals surface area contributed by atoms with E-state index in [1.165, 1.54) is 4.88 Å². The lowest BCUT2D eigenvalue weighted by Crippen LogP contribution is -1.79. The molecular formula is C7H9NOS. The number of carbonyl (C=O) groups excluding carboxylic acids is 1. The van der Waals surface area contributed by atoms with Gasteiger partial charge in [-0.15, -0.1) is 11.3 Å². The van der Waals surface area contributed by atoms with Gasteiger partial charge in [0.25, 0.3) is 0 Å². The summed E-state index contributed by atoms with van der Waals surface area (Å²) in [7, 11) is 0. The average Bonchev–Trinajstić information content (AvgIpc) is 2.31. The van der Waals surface area contributed by atoms with Crippen LogP contribution in [0.5, 0.6) is 0 Å². The van der Waals surface area contributed by atoms with Gasteiger partial charge in [-0.1, -0.05) is 0 Å². The summed E-state index contributed by atoms with van der Waals surface area (Å²) in [6.07, 6.45) is 4.23. The van der Waals surface area contributed by atoms with Crippen molar-refractivity contribution in [3.8, 4) is 0 Å². The molecule has 0 N–H and O–H groups in total. The highest BCUT2D eigenvalue weighted by molar-refractivity contribution is 7.11. The van der Waals surface area contributed by atoms with Gasteiger partial charge >= 0.3 is 0 Å². The Morgan fingerprint density at radius 1 is 1.80 bits per heavy atom. The maximum absolute atomic E-state index is 9.97. The number of aryl methyl sites for hydroxylation is 2. The number of aromatic nitrogens is 1. The van der Waals surface area contributed by atoms with Crippen LogP contribution in [0.25, 0.3) is 0 Å². The molecule has 0 unspecified atom stereocenters. The van der Waals surface area contributed by atoms with E-state index in [0.717, 1.165) is 17.7 Å². The first-order valence-electron chi connectivity index (χ1n) is 3.18. The summed E-state index contributed by atoms with van der Waals surface area (Å²) >= 11 is 1.66. The Kier molecular flexibility index (Phi) is 2.57. The zero-order valence-corrected chi connectivity index (χ0v) is 6.65. The highest BCUT2D eigenvalue weighted by Crippen LogP contribution is 2.12. The topological polar surface area (TPSA) is 30.0 Å². The summed E-state index contributed by atoms with van der Waals surface area (Å²) in [6, 6.07) is 0. The molecule has 0 saturated heterocycles. The van der Waals surface area contributed by atoms with Crippen molar-refractivity contribution in [1.82, 2.24) is 4.98 Å². The molecule has 0 atom stereocenters. The second kappa shape index (κ2) is 3.46. The summed E-state index contributed by atoms with van der Waals surface area (Å²) in [4.78, 5) is 15.2. The smallest absolute Gasteiger partial charge is 0.120 e. The molecule has 0 aliphatic carbocycles. The van der Waals surface area contributed by atoms with E-state index in [2.05, 4.69) is 4.98 Å². The number of rotatable bonds is 3. The Bertz CT molecular complexity index is 219. The first-order valence-corrected chi connectivity index (χ1v) is 3.99. The zero-order chi connectivity index (χ0) is 7.40. The van der Waals surface area contributed by atoms with Crippen LogP contribution in [0.2, 0.25) is 0 Å². The molecule has 0 bridgehead atoms. The lowest BCUT2D eigenvalue weighted by atomic mass is 10.3. The predicted octanol–water partition coefficient (Wildman–Crippen LogP) is 1.58. The standard InChI is InChI=1S/C7H9NOS/c1-6-8-5-7(10-6)3-2-4-9/h4-5H,2-3H2,1H3. The molecule has 1 rings (SSSR count). The van der Waals surface area contributed by atoms with Crippen molar-refractivity contribution >= 4 is 17.6 Å². The summed E-state index contributed by atoms with van der Waals surface area (Å²) in [6.45, 7) is 1.97. The van der Waals surface area contributed by atoms with E-state index in [1.54, 1.807) is 11.3 Å². The minimum absolute atomic E-state index is 0.613. The normalized spacial score (nSPS) is 9.70. The van der Waals surface area contributed by atoms with Crippen LogP contribution in [0.15, 0.2) is 6.20 Å². The fourth-order valence-electron chi connectivity index (χ4n) is 0.722. The molecule has 0 fully saturated rings. The van der Waals surface area contributed by atoms with Gasteiger partial charge in [0.15, 0.2) is 0 Å². The van der Waals surface area contributed by atoms with E-state index >= 15 is 0 Å². The molecule has 0 amide bonds. The molecule has 0 spiro atoms. The minimum Gasteiger partial charge on any atom is -0.303 e. The Morgan fingerprint density at radius 3 is 3.10 bits per heavy atom. The second-order valence-corrected chi connectivity index (χ2v) is 3.37. The molecule has 0 aromatic carbocycles. The molecule has 1 heterocycles. The Labute approximate surface area is 63.9 Å². The third-order valence-electron chi connectivity index (χ3n) is 1.18. The van der Waals surface area contributed by atoms with Crippen molar-refractivity contribution < 1.29 is 4.79 Å². The second-order valence-electron chi connectivity index (χ2n) is 2.05. The van der Waals surface area contributed by atoms with E-state index in [1.807, 2.05) is 13.1 Å². The Balaban J connectivity index is 2.49. The maximum atomic E-state index is 9.97. The molecule has 10 heavy (non-hydrogen) atoms. The predicted molar refractivity (Wildman–Crippen MR) is 41.2 cm³/mol.